The van der Waals surface area contributed by atoms with E-state index in [1.54, 1.807) is 0 Å². The maximum atomic E-state index is 6.38. The van der Waals surface area contributed by atoms with Gasteiger partial charge >= 0.3 is 0 Å². The van der Waals surface area contributed by atoms with Crippen LogP contribution < -0.4 is 10.2 Å². The Morgan fingerprint density at radius 1 is 1.32 bits per heavy atom. The molecule has 2 aliphatic rings. The molecule has 0 saturated carbocycles. The Hall–Kier alpha value is -0.970. The first-order valence-electron chi connectivity index (χ1n) is 7.62. The zero-order valence-corrected chi connectivity index (χ0v) is 14.6. The minimum Gasteiger partial charge on any atom is -0.488 e. The van der Waals surface area contributed by atoms with Crippen LogP contribution in [0, 0.1) is 5.92 Å². The lowest BCUT2D eigenvalue weighted by Gasteiger charge is -2.31. The summed E-state index contributed by atoms with van der Waals surface area (Å²) in [5.41, 5.74) is 5.56. The van der Waals surface area contributed by atoms with E-state index in [2.05, 4.69) is 22.5 Å². The van der Waals surface area contributed by atoms with Gasteiger partial charge in [-0.2, -0.15) is 5.10 Å². The lowest BCUT2D eigenvalue weighted by molar-refractivity contribution is 0.242. The molecule has 0 aromatic heterocycles. The smallest absolute Gasteiger partial charge is 0.156 e. The minimum absolute atomic E-state index is 0.0346. The van der Waals surface area contributed by atoms with Crippen LogP contribution in [0.4, 0.5) is 0 Å². The SMILES string of the molecule is CC(C)Oc1c(Cl)cc(C2NN=C3CCN(C)CC32)cc1Cl. The molecule has 120 valence electrons. The van der Waals surface area contributed by atoms with Gasteiger partial charge in [0.1, 0.15) is 0 Å². The van der Waals surface area contributed by atoms with Crippen LogP contribution in [0.2, 0.25) is 10.0 Å². The third-order valence-corrected chi connectivity index (χ3v) is 4.73. The van der Waals surface area contributed by atoms with E-state index in [0.717, 1.165) is 25.1 Å². The molecule has 0 bridgehead atoms. The summed E-state index contributed by atoms with van der Waals surface area (Å²) in [6, 6.07) is 4.01. The summed E-state index contributed by atoms with van der Waals surface area (Å²) in [6.45, 7) is 5.97. The number of fused-ring (bicyclic) bond motifs is 1. The summed E-state index contributed by atoms with van der Waals surface area (Å²) in [5.74, 6) is 0.935. The number of nitrogens with zero attached hydrogens (tertiary/aromatic N) is 2. The summed E-state index contributed by atoms with van der Waals surface area (Å²) < 4.78 is 5.70. The second-order valence-electron chi connectivity index (χ2n) is 6.31. The van der Waals surface area contributed by atoms with E-state index in [9.17, 15) is 0 Å². The average molecular weight is 342 g/mol. The molecule has 6 heteroatoms. The molecule has 0 aliphatic carbocycles. The van der Waals surface area contributed by atoms with Gasteiger partial charge in [0.2, 0.25) is 0 Å². The third kappa shape index (κ3) is 3.05. The second kappa shape index (κ2) is 6.26. The number of hydrogen-bond donors (Lipinski definition) is 1. The Balaban J connectivity index is 1.87. The Morgan fingerprint density at radius 2 is 2.00 bits per heavy atom. The zero-order valence-electron chi connectivity index (χ0n) is 13.1. The third-order valence-electron chi connectivity index (χ3n) is 4.17. The van der Waals surface area contributed by atoms with Crippen LogP contribution in [0.1, 0.15) is 31.9 Å². The van der Waals surface area contributed by atoms with Gasteiger partial charge in [0.25, 0.3) is 0 Å². The number of halogens is 2. The maximum Gasteiger partial charge on any atom is 0.156 e. The molecule has 22 heavy (non-hydrogen) atoms. The monoisotopic (exact) mass is 341 g/mol. The fraction of sp³-hybridized carbons (Fsp3) is 0.562. The van der Waals surface area contributed by atoms with Crippen molar-refractivity contribution in [1.82, 2.24) is 10.3 Å². The molecule has 1 saturated heterocycles. The summed E-state index contributed by atoms with van der Waals surface area (Å²) in [7, 11) is 2.14. The molecule has 1 aromatic rings. The number of hydrazone groups is 1. The van der Waals surface area contributed by atoms with Crippen LogP contribution in [0.15, 0.2) is 17.2 Å². The first kappa shape index (κ1) is 15.9. The molecule has 2 aliphatic heterocycles. The first-order chi connectivity index (χ1) is 10.5. The van der Waals surface area contributed by atoms with Crippen LogP contribution in [-0.4, -0.2) is 36.9 Å². The molecule has 0 spiro atoms. The predicted octanol–water partition coefficient (Wildman–Crippen LogP) is 3.73. The predicted molar refractivity (Wildman–Crippen MR) is 91.1 cm³/mol. The number of hydrogen-bond acceptors (Lipinski definition) is 4. The lowest BCUT2D eigenvalue weighted by Crippen LogP contribution is -2.39. The number of likely N-dealkylation sites (tertiary alicyclic amines) is 1. The number of benzene rings is 1. The zero-order chi connectivity index (χ0) is 15.9. The number of piperidine rings is 1. The minimum atomic E-state index is 0.0346. The Labute approximate surface area is 141 Å². The van der Waals surface area contributed by atoms with Crippen molar-refractivity contribution < 1.29 is 4.74 Å². The molecule has 2 heterocycles. The van der Waals surface area contributed by atoms with E-state index < -0.39 is 0 Å². The van der Waals surface area contributed by atoms with Gasteiger partial charge in [-0.3, -0.25) is 0 Å². The highest BCUT2D eigenvalue weighted by Gasteiger charge is 2.36. The normalized spacial score (nSPS) is 24.9. The van der Waals surface area contributed by atoms with Gasteiger partial charge in [-0.25, -0.2) is 0 Å². The average Bonchev–Trinajstić information content (AvgIpc) is 2.85. The largest absolute Gasteiger partial charge is 0.488 e. The van der Waals surface area contributed by atoms with E-state index in [4.69, 9.17) is 27.9 Å². The molecule has 0 radical (unpaired) electrons. The van der Waals surface area contributed by atoms with Gasteiger partial charge in [0.05, 0.1) is 22.2 Å². The molecular formula is C16H21Cl2N3O. The highest BCUT2D eigenvalue weighted by atomic mass is 35.5. The highest BCUT2D eigenvalue weighted by molar-refractivity contribution is 6.37. The number of ether oxygens (including phenoxy) is 1. The van der Waals surface area contributed by atoms with E-state index in [0.29, 0.717) is 21.7 Å². The van der Waals surface area contributed by atoms with Crippen LogP contribution in [0.5, 0.6) is 5.75 Å². The standard InChI is InChI=1S/C16H21Cl2N3O/c1-9(2)22-16-12(17)6-10(7-13(16)18)15-11-8-21(3)5-4-14(11)19-20-15/h6-7,9,11,15,20H,4-5,8H2,1-3H3. The van der Waals surface area contributed by atoms with Gasteiger partial charge in [-0.15, -0.1) is 0 Å². The fourth-order valence-electron chi connectivity index (χ4n) is 3.12. The molecule has 1 aromatic carbocycles. The Kier molecular flexibility index (Phi) is 4.53. The van der Waals surface area contributed by atoms with Gasteiger partial charge in [0, 0.05) is 31.1 Å². The molecule has 2 unspecified atom stereocenters. The first-order valence-corrected chi connectivity index (χ1v) is 8.37. The Morgan fingerprint density at radius 3 is 2.64 bits per heavy atom. The summed E-state index contributed by atoms with van der Waals surface area (Å²) in [4.78, 5) is 2.34. The van der Waals surface area contributed by atoms with Crippen molar-refractivity contribution in [2.45, 2.75) is 32.4 Å². The van der Waals surface area contributed by atoms with Crippen molar-refractivity contribution in [2.24, 2.45) is 11.0 Å². The van der Waals surface area contributed by atoms with E-state index >= 15 is 0 Å². The van der Waals surface area contributed by atoms with Crippen molar-refractivity contribution in [1.29, 1.82) is 0 Å². The molecular weight excluding hydrogens is 321 g/mol. The molecule has 0 amide bonds. The van der Waals surface area contributed by atoms with Gasteiger partial charge < -0.3 is 15.1 Å². The molecule has 4 nitrogen and oxygen atoms in total. The highest BCUT2D eigenvalue weighted by Crippen LogP contribution is 2.40. The van der Waals surface area contributed by atoms with E-state index in [1.165, 1.54) is 5.71 Å². The molecule has 1 N–H and O–H groups in total. The Bertz CT molecular complexity index is 580. The molecule has 3 rings (SSSR count). The molecule has 2 atom stereocenters. The van der Waals surface area contributed by atoms with Crippen molar-refractivity contribution in [3.63, 3.8) is 0 Å². The quantitative estimate of drug-likeness (QED) is 0.909. The summed E-state index contributed by atoms with van der Waals surface area (Å²) >= 11 is 12.8. The lowest BCUT2D eigenvalue weighted by atomic mass is 9.86. The van der Waals surface area contributed by atoms with Crippen LogP contribution in [-0.2, 0) is 0 Å². The van der Waals surface area contributed by atoms with Crippen LogP contribution in [0.25, 0.3) is 0 Å². The second-order valence-corrected chi connectivity index (χ2v) is 7.12. The van der Waals surface area contributed by atoms with E-state index in [1.807, 2.05) is 26.0 Å². The maximum absolute atomic E-state index is 6.38. The van der Waals surface area contributed by atoms with Crippen molar-refractivity contribution in [3.05, 3.63) is 27.7 Å². The summed E-state index contributed by atoms with van der Waals surface area (Å²) in [6.07, 6.45) is 1.05. The van der Waals surface area contributed by atoms with Crippen molar-refractivity contribution in [3.8, 4) is 5.75 Å². The summed E-state index contributed by atoms with van der Waals surface area (Å²) in [5, 5.41) is 5.61. The van der Waals surface area contributed by atoms with Crippen LogP contribution in [0.3, 0.4) is 0 Å². The van der Waals surface area contributed by atoms with Crippen molar-refractivity contribution in [2.75, 3.05) is 20.1 Å². The number of nitrogens with one attached hydrogen (secondary N) is 1. The van der Waals surface area contributed by atoms with Gasteiger partial charge in [0.15, 0.2) is 5.75 Å². The van der Waals surface area contributed by atoms with Gasteiger partial charge in [-0.1, -0.05) is 23.2 Å². The fourth-order valence-corrected chi connectivity index (χ4v) is 3.71. The topological polar surface area (TPSA) is 36.9 Å². The number of rotatable bonds is 3. The van der Waals surface area contributed by atoms with Gasteiger partial charge in [-0.05, 0) is 38.6 Å². The van der Waals surface area contributed by atoms with Crippen LogP contribution >= 0.6 is 23.2 Å². The van der Waals surface area contributed by atoms with Crippen molar-refractivity contribution >= 4 is 28.9 Å². The molecule has 1 fully saturated rings. The van der Waals surface area contributed by atoms with E-state index in [-0.39, 0.29) is 12.1 Å².